The number of sulfone groups is 1. The van der Waals surface area contributed by atoms with Crippen LogP contribution < -0.4 is 0 Å². The van der Waals surface area contributed by atoms with Crippen LogP contribution >= 0.6 is 0 Å². The summed E-state index contributed by atoms with van der Waals surface area (Å²) in [5, 5.41) is 16.1. The minimum Gasteiger partial charge on any atom is -0.513 e. The molecule has 0 aliphatic rings. The second kappa shape index (κ2) is 6.80. The maximum absolute atomic E-state index is 11.3. The third-order valence-corrected chi connectivity index (χ3v) is 3.27. The Labute approximate surface area is 116 Å². The molecule has 0 spiro atoms. The lowest BCUT2D eigenvalue weighted by molar-refractivity contribution is -0.138. The van der Waals surface area contributed by atoms with Crippen LogP contribution in [0.3, 0.4) is 0 Å². The Morgan fingerprint density at radius 3 is 2.40 bits per heavy atom. The van der Waals surface area contributed by atoms with Crippen molar-refractivity contribution in [3.05, 3.63) is 36.2 Å². The third kappa shape index (κ3) is 4.47. The lowest BCUT2D eigenvalue weighted by Crippen LogP contribution is -2.05. The fourth-order valence-corrected chi connectivity index (χ4v) is 1.83. The Kier molecular flexibility index (Phi) is 5.39. The van der Waals surface area contributed by atoms with Crippen molar-refractivity contribution < 1.29 is 23.1 Å². The van der Waals surface area contributed by atoms with Crippen molar-refractivity contribution >= 4 is 21.5 Å². The van der Waals surface area contributed by atoms with Crippen molar-refractivity contribution in [3.63, 3.8) is 0 Å². The van der Waals surface area contributed by atoms with Crippen LogP contribution in [0.5, 0.6) is 0 Å². The van der Waals surface area contributed by atoms with Crippen molar-refractivity contribution in [2.45, 2.75) is 11.8 Å². The van der Waals surface area contributed by atoms with Crippen molar-refractivity contribution in [2.75, 3.05) is 12.9 Å². The molecule has 0 aromatic heterocycles. The molecule has 0 saturated heterocycles. The van der Waals surface area contributed by atoms with Gasteiger partial charge in [-0.1, -0.05) is 0 Å². The summed E-state index contributed by atoms with van der Waals surface area (Å²) in [4.78, 5) is 11.5. The van der Waals surface area contributed by atoms with Gasteiger partial charge in [0.05, 0.1) is 17.2 Å². The zero-order chi connectivity index (χ0) is 15.2. The molecule has 0 saturated carbocycles. The molecule has 108 valence electrons. The third-order valence-electron chi connectivity index (χ3n) is 2.14. The van der Waals surface area contributed by atoms with E-state index in [0.29, 0.717) is 11.9 Å². The van der Waals surface area contributed by atoms with Gasteiger partial charge in [-0.15, -0.1) is 5.11 Å². The highest BCUT2D eigenvalue weighted by atomic mass is 32.2. The predicted molar refractivity (Wildman–Crippen MR) is 71.4 cm³/mol. The summed E-state index contributed by atoms with van der Waals surface area (Å²) in [6, 6.07) is 5.60. The highest BCUT2D eigenvalue weighted by Crippen LogP contribution is 2.17. The number of nitrogens with zero attached hydrogens (tertiary/aromatic N) is 2. The monoisotopic (exact) mass is 298 g/mol. The minimum absolute atomic E-state index is 0.148. The molecule has 1 aromatic carbocycles. The Bertz CT molecular complexity index is 632. The fraction of sp³-hybridized carbons (Fsp3) is 0.250. The molecule has 20 heavy (non-hydrogen) atoms. The molecule has 0 radical (unpaired) electrons. The van der Waals surface area contributed by atoms with E-state index in [1.807, 2.05) is 0 Å². The largest absolute Gasteiger partial charge is 0.513 e. The normalized spacial score (nSPS) is 12.6. The molecule has 1 aromatic rings. The van der Waals surface area contributed by atoms with E-state index in [2.05, 4.69) is 15.0 Å². The number of rotatable bonds is 5. The summed E-state index contributed by atoms with van der Waals surface area (Å²) < 4.78 is 27.2. The predicted octanol–water partition coefficient (Wildman–Crippen LogP) is 2.14. The number of aliphatic hydroxyl groups is 1. The van der Waals surface area contributed by atoms with Gasteiger partial charge in [0.1, 0.15) is 6.26 Å². The second-order valence-electron chi connectivity index (χ2n) is 3.70. The number of azo groups is 1. The molecule has 8 heteroatoms. The van der Waals surface area contributed by atoms with Gasteiger partial charge in [-0.25, -0.2) is 13.2 Å². The van der Waals surface area contributed by atoms with E-state index < -0.39 is 15.8 Å². The number of ether oxygens (including phenoxy) is 1. The number of carbonyl (C=O) groups excluding carboxylic acids is 1. The maximum atomic E-state index is 11.3. The maximum Gasteiger partial charge on any atom is 0.362 e. The van der Waals surface area contributed by atoms with Crippen LogP contribution in [0, 0.1) is 0 Å². The number of hydrogen-bond donors (Lipinski definition) is 1. The Balaban J connectivity index is 2.88. The molecule has 0 amide bonds. The van der Waals surface area contributed by atoms with Crippen molar-refractivity contribution in [3.8, 4) is 0 Å². The average molecular weight is 298 g/mol. The SMILES string of the molecule is CCOC(=O)C(=CO)N=Nc1ccc(S(C)(=O)=O)cc1. The van der Waals surface area contributed by atoms with Gasteiger partial charge in [-0.05, 0) is 31.2 Å². The average Bonchev–Trinajstić information content (AvgIpc) is 2.39. The minimum atomic E-state index is -3.27. The zero-order valence-electron chi connectivity index (χ0n) is 11.0. The lowest BCUT2D eigenvalue weighted by atomic mass is 10.3. The smallest absolute Gasteiger partial charge is 0.362 e. The molecule has 0 fully saturated rings. The van der Waals surface area contributed by atoms with Crippen LogP contribution in [0.15, 0.2) is 51.3 Å². The zero-order valence-corrected chi connectivity index (χ0v) is 11.8. The standard InChI is InChI=1S/C12H14N2O5S/c1-3-19-12(16)11(8-15)14-13-9-4-6-10(7-5-9)20(2,17)18/h4-8,15H,3H2,1-2H3. The van der Waals surface area contributed by atoms with Gasteiger partial charge < -0.3 is 9.84 Å². The van der Waals surface area contributed by atoms with Gasteiger partial charge >= 0.3 is 5.97 Å². The van der Waals surface area contributed by atoms with Crippen LogP contribution in [-0.4, -0.2) is 32.4 Å². The van der Waals surface area contributed by atoms with Gasteiger partial charge in [-0.2, -0.15) is 5.11 Å². The van der Waals surface area contributed by atoms with Gasteiger partial charge in [-0.3, -0.25) is 0 Å². The number of carbonyl (C=O) groups is 1. The van der Waals surface area contributed by atoms with E-state index in [-0.39, 0.29) is 17.2 Å². The molecule has 0 bridgehead atoms. The topological polar surface area (TPSA) is 105 Å². The molecular formula is C12H14N2O5S. The van der Waals surface area contributed by atoms with Crippen LogP contribution in [0.25, 0.3) is 0 Å². The first-order chi connectivity index (χ1) is 9.38. The summed E-state index contributed by atoms with van der Waals surface area (Å²) in [5.41, 5.74) is -0.0138. The molecule has 1 rings (SSSR count). The van der Waals surface area contributed by atoms with Crippen molar-refractivity contribution in [2.24, 2.45) is 10.2 Å². The highest BCUT2D eigenvalue weighted by molar-refractivity contribution is 7.90. The van der Waals surface area contributed by atoms with Gasteiger partial charge in [0, 0.05) is 6.26 Å². The molecule has 0 aliphatic carbocycles. The van der Waals surface area contributed by atoms with E-state index in [1.165, 1.54) is 24.3 Å². The lowest BCUT2D eigenvalue weighted by Gasteiger charge is -2.00. The van der Waals surface area contributed by atoms with E-state index >= 15 is 0 Å². The van der Waals surface area contributed by atoms with E-state index in [0.717, 1.165) is 6.26 Å². The van der Waals surface area contributed by atoms with E-state index in [4.69, 9.17) is 5.11 Å². The van der Waals surface area contributed by atoms with Gasteiger partial charge in [0.25, 0.3) is 0 Å². The van der Waals surface area contributed by atoms with E-state index in [9.17, 15) is 13.2 Å². The Morgan fingerprint density at radius 2 is 1.95 bits per heavy atom. The van der Waals surface area contributed by atoms with Crippen molar-refractivity contribution in [1.29, 1.82) is 0 Å². The van der Waals surface area contributed by atoms with Crippen molar-refractivity contribution in [1.82, 2.24) is 0 Å². The Morgan fingerprint density at radius 1 is 1.35 bits per heavy atom. The second-order valence-corrected chi connectivity index (χ2v) is 5.72. The highest BCUT2D eigenvalue weighted by Gasteiger charge is 2.10. The fourth-order valence-electron chi connectivity index (χ4n) is 1.20. The van der Waals surface area contributed by atoms with Crippen LogP contribution in [0.2, 0.25) is 0 Å². The van der Waals surface area contributed by atoms with Gasteiger partial charge in [0.2, 0.25) is 5.70 Å². The summed E-state index contributed by atoms with van der Waals surface area (Å²) in [7, 11) is -3.27. The van der Waals surface area contributed by atoms with E-state index in [1.54, 1.807) is 6.92 Å². The summed E-state index contributed by atoms with van der Waals surface area (Å²) >= 11 is 0. The molecule has 0 atom stereocenters. The van der Waals surface area contributed by atoms with Crippen LogP contribution in [0.4, 0.5) is 5.69 Å². The Hall–Kier alpha value is -2.22. The molecular weight excluding hydrogens is 284 g/mol. The molecule has 1 N–H and O–H groups in total. The first-order valence-electron chi connectivity index (χ1n) is 5.62. The number of hydrogen-bond acceptors (Lipinski definition) is 7. The quantitative estimate of drug-likeness (QED) is 0.388. The summed E-state index contributed by atoms with van der Waals surface area (Å²) in [5.74, 6) is -0.800. The molecule has 0 heterocycles. The molecule has 0 aliphatic heterocycles. The first-order valence-corrected chi connectivity index (χ1v) is 7.51. The van der Waals surface area contributed by atoms with Gasteiger partial charge in [0.15, 0.2) is 9.84 Å². The summed E-state index contributed by atoms with van der Waals surface area (Å²) in [6.45, 7) is 1.77. The number of benzene rings is 1. The first kappa shape index (κ1) is 15.8. The molecule has 7 nitrogen and oxygen atoms in total. The van der Waals surface area contributed by atoms with Crippen LogP contribution in [0.1, 0.15) is 6.92 Å². The van der Waals surface area contributed by atoms with Crippen LogP contribution in [-0.2, 0) is 19.4 Å². The molecule has 0 unspecified atom stereocenters. The number of aliphatic hydroxyl groups excluding tert-OH is 1. The number of esters is 1. The summed E-state index contributed by atoms with van der Waals surface area (Å²) in [6.07, 6.45) is 1.59.